The van der Waals surface area contributed by atoms with E-state index in [1.54, 1.807) is 13.0 Å². The summed E-state index contributed by atoms with van der Waals surface area (Å²) in [6, 6.07) is 11.8. The highest BCUT2D eigenvalue weighted by atomic mass is 127. The van der Waals surface area contributed by atoms with Gasteiger partial charge in [0.05, 0.1) is 13.1 Å². The largest absolute Gasteiger partial charge is 0.463 e. The summed E-state index contributed by atoms with van der Waals surface area (Å²) in [5.74, 6) is 2.00. The van der Waals surface area contributed by atoms with Crippen molar-refractivity contribution in [2.45, 2.75) is 39.8 Å². The third-order valence-corrected chi connectivity index (χ3v) is 3.88. The number of halogens is 1. The van der Waals surface area contributed by atoms with Crippen molar-refractivity contribution in [3.8, 4) is 0 Å². The normalized spacial score (nSPS) is 13.7. The van der Waals surface area contributed by atoms with Crippen molar-refractivity contribution in [3.05, 3.63) is 59.0 Å². The first-order valence-electron chi connectivity index (χ1n) is 8.28. The van der Waals surface area contributed by atoms with Gasteiger partial charge in [-0.05, 0) is 51.0 Å². The minimum Gasteiger partial charge on any atom is -0.463 e. The van der Waals surface area contributed by atoms with E-state index in [-0.39, 0.29) is 24.0 Å². The Morgan fingerprint density at radius 2 is 1.88 bits per heavy atom. The maximum absolute atomic E-state index is 10.6. The summed E-state index contributed by atoms with van der Waals surface area (Å²) in [5.41, 5.74) is 1.30. The van der Waals surface area contributed by atoms with Crippen LogP contribution in [0.4, 0.5) is 0 Å². The second-order valence-electron chi connectivity index (χ2n) is 6.16. The molecule has 1 aromatic carbocycles. The van der Waals surface area contributed by atoms with Crippen LogP contribution in [0.1, 0.15) is 36.5 Å². The number of aliphatic hydroxyl groups is 1. The molecule has 1 atom stereocenters. The second-order valence-corrected chi connectivity index (χ2v) is 6.16. The summed E-state index contributed by atoms with van der Waals surface area (Å²) in [7, 11) is 0. The van der Waals surface area contributed by atoms with E-state index in [9.17, 15) is 5.11 Å². The average Bonchev–Trinajstić information content (AvgIpc) is 2.99. The first kappa shape index (κ1) is 21.5. The van der Waals surface area contributed by atoms with E-state index in [4.69, 9.17) is 4.42 Å². The minimum atomic E-state index is -1.10. The molecular formula is C19H28IN3O2. The number of furan rings is 1. The summed E-state index contributed by atoms with van der Waals surface area (Å²) in [5, 5.41) is 17.0. The standard InChI is InChI=1S/C19H27N3O2.HI/c1-5-20-18(21-12-16-9-7-6-8-14(16)2)22-13-19(4,23)17-11-10-15(3)24-17;/h6-11,23H,5,12-13H2,1-4H3,(H2,20,21,22);1H. The van der Waals surface area contributed by atoms with Crippen LogP contribution in [-0.2, 0) is 12.1 Å². The van der Waals surface area contributed by atoms with Crippen LogP contribution in [0.25, 0.3) is 0 Å². The zero-order valence-corrected chi connectivity index (χ0v) is 17.6. The SMILES string of the molecule is CCNC(=NCc1ccccc1C)NCC(C)(O)c1ccc(C)o1.I. The summed E-state index contributed by atoms with van der Waals surface area (Å²) >= 11 is 0. The molecule has 1 unspecified atom stereocenters. The second kappa shape index (κ2) is 9.82. The van der Waals surface area contributed by atoms with Crippen LogP contribution in [0, 0.1) is 13.8 Å². The Balaban J connectivity index is 0.00000312. The molecule has 5 nitrogen and oxygen atoms in total. The molecule has 1 aromatic heterocycles. The van der Waals surface area contributed by atoms with Gasteiger partial charge in [-0.3, -0.25) is 0 Å². The van der Waals surface area contributed by atoms with Crippen LogP contribution in [0.15, 0.2) is 45.8 Å². The zero-order chi connectivity index (χ0) is 17.6. The number of aliphatic imine (C=N–C) groups is 1. The first-order chi connectivity index (χ1) is 11.4. The van der Waals surface area contributed by atoms with Crippen molar-refractivity contribution >= 4 is 29.9 Å². The molecule has 25 heavy (non-hydrogen) atoms. The van der Waals surface area contributed by atoms with E-state index in [0.717, 1.165) is 12.3 Å². The van der Waals surface area contributed by atoms with Crippen molar-refractivity contribution in [2.75, 3.05) is 13.1 Å². The van der Waals surface area contributed by atoms with Crippen LogP contribution in [0.5, 0.6) is 0 Å². The number of benzene rings is 1. The summed E-state index contributed by atoms with van der Waals surface area (Å²) < 4.78 is 5.54. The molecule has 0 fully saturated rings. The Bertz CT molecular complexity index is 695. The van der Waals surface area contributed by atoms with Gasteiger partial charge in [-0.1, -0.05) is 24.3 Å². The van der Waals surface area contributed by atoms with E-state index in [2.05, 4.69) is 34.7 Å². The molecule has 0 aliphatic rings. The highest BCUT2D eigenvalue weighted by molar-refractivity contribution is 14.0. The summed E-state index contributed by atoms with van der Waals surface area (Å²) in [6.07, 6.45) is 0. The summed E-state index contributed by atoms with van der Waals surface area (Å²) in [6.45, 7) is 9.32. The highest BCUT2D eigenvalue weighted by Crippen LogP contribution is 2.21. The number of aryl methyl sites for hydroxylation is 2. The quantitative estimate of drug-likeness (QED) is 0.353. The van der Waals surface area contributed by atoms with Gasteiger partial charge in [0.15, 0.2) is 5.96 Å². The molecule has 0 aliphatic heterocycles. The predicted octanol–water partition coefficient (Wildman–Crippen LogP) is 3.48. The molecule has 0 aliphatic carbocycles. The van der Waals surface area contributed by atoms with Gasteiger partial charge in [-0.15, -0.1) is 24.0 Å². The lowest BCUT2D eigenvalue weighted by Crippen LogP contribution is -2.44. The minimum absolute atomic E-state index is 0. The fourth-order valence-corrected chi connectivity index (χ4v) is 2.36. The van der Waals surface area contributed by atoms with Crippen LogP contribution >= 0.6 is 24.0 Å². The maximum atomic E-state index is 10.6. The molecule has 3 N–H and O–H groups in total. The van der Waals surface area contributed by atoms with Crippen molar-refractivity contribution < 1.29 is 9.52 Å². The van der Waals surface area contributed by atoms with Crippen molar-refractivity contribution in [2.24, 2.45) is 4.99 Å². The van der Waals surface area contributed by atoms with E-state index in [0.29, 0.717) is 24.8 Å². The average molecular weight is 457 g/mol. The van der Waals surface area contributed by atoms with E-state index >= 15 is 0 Å². The Kier molecular flexibility index (Phi) is 8.44. The molecule has 1 heterocycles. The molecule has 0 bridgehead atoms. The van der Waals surface area contributed by atoms with Gasteiger partial charge in [-0.25, -0.2) is 4.99 Å². The van der Waals surface area contributed by atoms with Crippen LogP contribution in [0.3, 0.4) is 0 Å². The van der Waals surface area contributed by atoms with Crippen LogP contribution < -0.4 is 10.6 Å². The zero-order valence-electron chi connectivity index (χ0n) is 15.3. The third-order valence-electron chi connectivity index (χ3n) is 3.88. The van der Waals surface area contributed by atoms with Gasteiger partial charge >= 0.3 is 0 Å². The molecule has 2 rings (SSSR count). The van der Waals surface area contributed by atoms with Gasteiger partial charge in [0.2, 0.25) is 0 Å². The Morgan fingerprint density at radius 1 is 1.16 bits per heavy atom. The number of guanidine groups is 1. The lowest BCUT2D eigenvalue weighted by Gasteiger charge is -2.23. The van der Waals surface area contributed by atoms with Crippen molar-refractivity contribution in [1.29, 1.82) is 0 Å². The highest BCUT2D eigenvalue weighted by Gasteiger charge is 2.27. The van der Waals surface area contributed by atoms with Gasteiger partial charge in [0, 0.05) is 6.54 Å². The number of nitrogens with zero attached hydrogens (tertiary/aromatic N) is 1. The topological polar surface area (TPSA) is 69.8 Å². The lowest BCUT2D eigenvalue weighted by molar-refractivity contribution is 0.0378. The Labute approximate surface area is 167 Å². The number of hydrogen-bond acceptors (Lipinski definition) is 3. The Morgan fingerprint density at radius 3 is 2.48 bits per heavy atom. The van der Waals surface area contributed by atoms with E-state index in [1.807, 2.05) is 32.0 Å². The molecular weight excluding hydrogens is 429 g/mol. The Hall–Kier alpha value is -1.54. The van der Waals surface area contributed by atoms with Gasteiger partial charge in [0.1, 0.15) is 17.1 Å². The molecule has 2 aromatic rings. The molecule has 0 amide bonds. The summed E-state index contributed by atoms with van der Waals surface area (Å²) in [4.78, 5) is 4.60. The van der Waals surface area contributed by atoms with Crippen molar-refractivity contribution in [3.63, 3.8) is 0 Å². The fourth-order valence-electron chi connectivity index (χ4n) is 2.36. The molecule has 0 radical (unpaired) electrons. The molecule has 138 valence electrons. The first-order valence-corrected chi connectivity index (χ1v) is 8.28. The third kappa shape index (κ3) is 6.36. The van der Waals surface area contributed by atoms with Crippen LogP contribution in [0.2, 0.25) is 0 Å². The lowest BCUT2D eigenvalue weighted by atomic mass is 10.0. The van der Waals surface area contributed by atoms with Gasteiger partial charge in [0.25, 0.3) is 0 Å². The number of hydrogen-bond donors (Lipinski definition) is 3. The molecule has 0 saturated heterocycles. The molecule has 0 spiro atoms. The van der Waals surface area contributed by atoms with E-state index in [1.165, 1.54) is 11.1 Å². The van der Waals surface area contributed by atoms with Crippen molar-refractivity contribution in [1.82, 2.24) is 10.6 Å². The molecule has 0 saturated carbocycles. The number of rotatable bonds is 6. The predicted molar refractivity (Wildman–Crippen MR) is 112 cm³/mol. The fraction of sp³-hybridized carbons (Fsp3) is 0.421. The van der Waals surface area contributed by atoms with Gasteiger partial charge in [-0.2, -0.15) is 0 Å². The maximum Gasteiger partial charge on any atom is 0.191 e. The number of nitrogens with one attached hydrogen (secondary N) is 2. The van der Waals surface area contributed by atoms with Gasteiger partial charge < -0.3 is 20.2 Å². The smallest absolute Gasteiger partial charge is 0.191 e. The van der Waals surface area contributed by atoms with E-state index < -0.39 is 5.60 Å². The monoisotopic (exact) mass is 457 g/mol. The van der Waals surface area contributed by atoms with Crippen LogP contribution in [-0.4, -0.2) is 24.2 Å². The molecule has 6 heteroatoms.